The van der Waals surface area contributed by atoms with Gasteiger partial charge in [-0.3, -0.25) is 0 Å². The molecule has 8 nitrogen and oxygen atoms in total. The molecular formula is C18H32F4N4O4P2. The number of hydrogen-bond donors (Lipinski definition) is 0. The molecule has 0 bridgehead atoms. The van der Waals surface area contributed by atoms with Crippen LogP contribution in [-0.4, -0.2) is 124 Å². The first-order valence-electron chi connectivity index (χ1n) is 11.0. The van der Waals surface area contributed by atoms with Gasteiger partial charge in [-0.2, -0.15) is 0 Å². The molecule has 4 saturated heterocycles. The molecule has 186 valence electrons. The molecular weight excluding hydrogens is 474 g/mol. The molecule has 0 radical (unpaired) electrons. The Balaban J connectivity index is 1.78. The number of rotatable bonds is 4. The normalized spacial score (nSPS) is 28.6. The summed E-state index contributed by atoms with van der Waals surface area (Å²) in [5, 5.41) is 0. The Morgan fingerprint density at radius 2 is 0.594 bits per heavy atom. The molecule has 32 heavy (non-hydrogen) atoms. The van der Waals surface area contributed by atoms with Crippen molar-refractivity contribution in [2.75, 3.05) is 105 Å². The number of ether oxygens (including phenoxy) is 4. The summed E-state index contributed by atoms with van der Waals surface area (Å²) in [6.07, 6.45) is 0. The van der Waals surface area contributed by atoms with Crippen molar-refractivity contribution >= 4 is 15.1 Å². The second-order valence-electron chi connectivity index (χ2n) is 8.14. The molecule has 0 aliphatic carbocycles. The molecule has 0 spiro atoms. The van der Waals surface area contributed by atoms with Crippen LogP contribution in [0.5, 0.6) is 0 Å². The molecule has 14 heteroatoms. The SMILES string of the molecule is FP(F)(C#CP(F)(F)(N1CCOCC1)N1CCOCC1)(N1CCOCC1)N1CCOCC1. The first-order chi connectivity index (χ1) is 15.2. The molecule has 4 heterocycles. The standard InChI is InChI=1S/C18H32F4N4O4P2/c19-31(20,23-1-9-27-10-2-23,24-3-11-28-12-4-24)17-18-32(21,22,25-5-13-29-14-6-25)26-7-15-30-16-8-26/h1-16H2. The summed E-state index contributed by atoms with van der Waals surface area (Å²) in [6, 6.07) is 0. The first-order valence-corrected chi connectivity index (χ1v) is 14.9. The molecule has 0 aromatic carbocycles. The van der Waals surface area contributed by atoms with Gasteiger partial charge in [0.1, 0.15) is 0 Å². The summed E-state index contributed by atoms with van der Waals surface area (Å²) in [6.45, 7) is 0.667. The third kappa shape index (κ3) is 4.67. The Hall–Kier alpha value is -0.180. The van der Waals surface area contributed by atoms with Crippen LogP contribution in [-0.2, 0) is 18.9 Å². The van der Waals surface area contributed by atoms with Crippen molar-refractivity contribution in [3.8, 4) is 11.3 Å². The minimum absolute atomic E-state index is 0.0412. The summed E-state index contributed by atoms with van der Waals surface area (Å²) in [4.78, 5) is 0. The van der Waals surface area contributed by atoms with E-state index in [1.165, 1.54) is 0 Å². The van der Waals surface area contributed by atoms with Crippen molar-refractivity contribution in [2.24, 2.45) is 0 Å². The van der Waals surface area contributed by atoms with Gasteiger partial charge in [0.15, 0.2) is 0 Å². The zero-order valence-corrected chi connectivity index (χ0v) is 19.9. The average molecular weight is 506 g/mol. The van der Waals surface area contributed by atoms with Gasteiger partial charge >= 0.3 is 186 Å². The fourth-order valence-corrected chi connectivity index (χ4v) is 10.4. The molecule has 0 amide bonds. The van der Waals surface area contributed by atoms with Crippen LogP contribution < -0.4 is 0 Å². The van der Waals surface area contributed by atoms with E-state index < -0.39 is 15.1 Å². The average Bonchev–Trinajstić information content (AvgIpc) is 2.86. The molecule has 0 aromatic rings. The summed E-state index contributed by atoms with van der Waals surface area (Å²) in [5.74, 6) is 0. The molecule has 0 N–H and O–H groups in total. The van der Waals surface area contributed by atoms with Crippen molar-refractivity contribution in [1.29, 1.82) is 0 Å². The van der Waals surface area contributed by atoms with Crippen LogP contribution in [0.25, 0.3) is 0 Å². The molecule has 0 unspecified atom stereocenters. The summed E-state index contributed by atoms with van der Waals surface area (Å²) in [7, 11) is -12.3. The maximum absolute atomic E-state index is 16.7. The molecule has 0 aromatic heterocycles. The Kier molecular flexibility index (Phi) is 7.37. The summed E-state index contributed by atoms with van der Waals surface area (Å²) in [5.41, 5.74) is 4.04. The van der Waals surface area contributed by atoms with Crippen molar-refractivity contribution in [1.82, 2.24) is 18.7 Å². The number of morpholine rings is 4. The Morgan fingerprint density at radius 1 is 0.406 bits per heavy atom. The second-order valence-corrected chi connectivity index (χ2v) is 14.1. The van der Waals surface area contributed by atoms with Crippen LogP contribution in [0.15, 0.2) is 0 Å². The van der Waals surface area contributed by atoms with Gasteiger partial charge in [-0.05, 0) is 0 Å². The maximum atomic E-state index is 16.7. The fourth-order valence-electron chi connectivity index (χ4n) is 4.38. The van der Waals surface area contributed by atoms with Gasteiger partial charge in [0.05, 0.1) is 0 Å². The molecule has 0 atom stereocenters. The fraction of sp³-hybridized carbons (Fsp3) is 0.889. The van der Waals surface area contributed by atoms with Crippen LogP contribution in [0.1, 0.15) is 0 Å². The topological polar surface area (TPSA) is 49.9 Å². The van der Waals surface area contributed by atoms with Crippen molar-refractivity contribution in [3.05, 3.63) is 0 Å². The third-order valence-corrected chi connectivity index (χ3v) is 12.9. The zero-order chi connectivity index (χ0) is 22.8. The van der Waals surface area contributed by atoms with Gasteiger partial charge < -0.3 is 0 Å². The van der Waals surface area contributed by atoms with Crippen LogP contribution in [0, 0.1) is 11.3 Å². The molecule has 4 rings (SSSR count). The van der Waals surface area contributed by atoms with Gasteiger partial charge in [0, 0.05) is 0 Å². The molecule has 4 fully saturated rings. The summed E-state index contributed by atoms with van der Waals surface area (Å²) < 4.78 is 91.9. The van der Waals surface area contributed by atoms with E-state index in [0.29, 0.717) is 0 Å². The quantitative estimate of drug-likeness (QED) is 0.328. The van der Waals surface area contributed by atoms with E-state index in [1.807, 2.05) is 11.3 Å². The van der Waals surface area contributed by atoms with E-state index >= 15 is 16.8 Å². The van der Waals surface area contributed by atoms with E-state index in [0.717, 1.165) is 18.7 Å². The molecule has 0 saturated carbocycles. The van der Waals surface area contributed by atoms with Gasteiger partial charge in [-0.25, -0.2) is 0 Å². The first kappa shape index (κ1) is 24.9. The van der Waals surface area contributed by atoms with Crippen LogP contribution in [0.4, 0.5) is 16.8 Å². The predicted molar refractivity (Wildman–Crippen MR) is 116 cm³/mol. The number of hydrogen-bond acceptors (Lipinski definition) is 8. The van der Waals surface area contributed by atoms with Crippen molar-refractivity contribution < 1.29 is 35.7 Å². The monoisotopic (exact) mass is 506 g/mol. The van der Waals surface area contributed by atoms with Crippen molar-refractivity contribution in [2.45, 2.75) is 0 Å². The molecule has 4 aliphatic rings. The Labute approximate surface area is 186 Å². The third-order valence-electron chi connectivity index (χ3n) is 6.30. The summed E-state index contributed by atoms with van der Waals surface area (Å²) >= 11 is 0. The predicted octanol–water partition coefficient (Wildman–Crippen LogP) is 2.54. The zero-order valence-electron chi connectivity index (χ0n) is 18.1. The number of nitrogens with zero attached hydrogens (tertiary/aromatic N) is 4. The number of halogens is 4. The van der Waals surface area contributed by atoms with Crippen LogP contribution in [0.2, 0.25) is 0 Å². The minimum atomic E-state index is -6.15. The van der Waals surface area contributed by atoms with Crippen LogP contribution in [0.3, 0.4) is 0 Å². The van der Waals surface area contributed by atoms with E-state index in [4.69, 9.17) is 18.9 Å². The van der Waals surface area contributed by atoms with Gasteiger partial charge in [0.25, 0.3) is 0 Å². The Morgan fingerprint density at radius 3 is 0.781 bits per heavy atom. The van der Waals surface area contributed by atoms with Crippen LogP contribution >= 0.6 is 15.1 Å². The second kappa shape index (κ2) is 9.46. The van der Waals surface area contributed by atoms with E-state index in [9.17, 15) is 0 Å². The van der Waals surface area contributed by atoms with E-state index in [2.05, 4.69) is 0 Å². The molecule has 4 aliphatic heterocycles. The van der Waals surface area contributed by atoms with Gasteiger partial charge in [-0.15, -0.1) is 0 Å². The van der Waals surface area contributed by atoms with E-state index in [1.54, 1.807) is 0 Å². The van der Waals surface area contributed by atoms with Gasteiger partial charge in [0.2, 0.25) is 0 Å². The van der Waals surface area contributed by atoms with Crippen molar-refractivity contribution in [3.63, 3.8) is 0 Å². The van der Waals surface area contributed by atoms with Gasteiger partial charge in [-0.1, -0.05) is 0 Å². The Bertz CT molecular complexity index is 630. The van der Waals surface area contributed by atoms with E-state index in [-0.39, 0.29) is 105 Å².